The fourth-order valence-electron chi connectivity index (χ4n) is 1.18. The number of rotatable bonds is 5. The summed E-state index contributed by atoms with van der Waals surface area (Å²) in [5.41, 5.74) is 1.03. The van der Waals surface area contributed by atoms with E-state index in [-0.39, 0.29) is 18.3 Å². The van der Waals surface area contributed by atoms with Gasteiger partial charge < -0.3 is 10.6 Å². The van der Waals surface area contributed by atoms with E-state index in [2.05, 4.69) is 26.6 Å². The van der Waals surface area contributed by atoms with Crippen LogP contribution in [0.3, 0.4) is 0 Å². The highest BCUT2D eigenvalue weighted by Gasteiger charge is 2.01. The third-order valence-electron chi connectivity index (χ3n) is 1.98. The Morgan fingerprint density at radius 2 is 1.88 bits per heavy atom. The Bertz CT molecular complexity index is 316. The first-order valence-electron chi connectivity index (χ1n) is 4.88. The highest BCUT2D eigenvalue weighted by Crippen LogP contribution is 2.10. The van der Waals surface area contributed by atoms with Crippen LogP contribution >= 0.6 is 28.3 Å². The van der Waals surface area contributed by atoms with Crippen LogP contribution in [0, 0.1) is 0 Å². The van der Waals surface area contributed by atoms with E-state index in [1.165, 1.54) is 0 Å². The molecule has 0 aliphatic carbocycles. The molecule has 0 aromatic heterocycles. The molecule has 1 aromatic rings. The Morgan fingerprint density at radius 1 is 1.25 bits per heavy atom. The zero-order chi connectivity index (χ0) is 11.1. The molecule has 90 valence electrons. The van der Waals surface area contributed by atoms with E-state index in [0.29, 0.717) is 13.0 Å². The second-order valence-electron chi connectivity index (χ2n) is 3.26. The average molecular weight is 308 g/mol. The summed E-state index contributed by atoms with van der Waals surface area (Å²) >= 11 is 3.35. The number of carbonyl (C=O) groups excluding carboxylic acids is 1. The third kappa shape index (κ3) is 6.10. The van der Waals surface area contributed by atoms with Gasteiger partial charge in [-0.15, -0.1) is 12.4 Å². The number of hydrogen-bond donors (Lipinski definition) is 2. The van der Waals surface area contributed by atoms with Gasteiger partial charge in [0.15, 0.2) is 0 Å². The molecule has 1 amide bonds. The number of carbonyl (C=O) groups is 1. The van der Waals surface area contributed by atoms with Crippen LogP contribution in [0.5, 0.6) is 0 Å². The summed E-state index contributed by atoms with van der Waals surface area (Å²) in [5, 5.41) is 5.81. The lowest BCUT2D eigenvalue weighted by molar-refractivity contribution is -0.120. The van der Waals surface area contributed by atoms with E-state index < -0.39 is 0 Å². The normalized spacial score (nSPS) is 9.38. The maximum atomic E-state index is 11.4. The lowest BCUT2D eigenvalue weighted by Gasteiger charge is -2.04. The molecule has 0 aliphatic heterocycles. The van der Waals surface area contributed by atoms with Gasteiger partial charge in [-0.3, -0.25) is 4.79 Å². The van der Waals surface area contributed by atoms with Crippen molar-refractivity contribution in [3.8, 4) is 0 Å². The summed E-state index contributed by atoms with van der Waals surface area (Å²) in [7, 11) is 1.86. The quantitative estimate of drug-likeness (QED) is 0.814. The molecule has 0 atom stereocenters. The minimum absolute atomic E-state index is 0. The Hall–Kier alpha value is -0.580. The molecule has 0 saturated heterocycles. The van der Waals surface area contributed by atoms with Crippen molar-refractivity contribution in [2.45, 2.75) is 6.42 Å². The molecule has 0 spiro atoms. The number of likely N-dealkylation sites (N-methyl/N-ethyl adjacent to an activating group) is 1. The van der Waals surface area contributed by atoms with E-state index in [0.717, 1.165) is 16.6 Å². The van der Waals surface area contributed by atoms with E-state index in [4.69, 9.17) is 0 Å². The van der Waals surface area contributed by atoms with Gasteiger partial charge in [-0.25, -0.2) is 0 Å². The molecule has 0 heterocycles. The molecule has 0 saturated carbocycles. The highest BCUT2D eigenvalue weighted by atomic mass is 79.9. The Balaban J connectivity index is 0.00000225. The summed E-state index contributed by atoms with van der Waals surface area (Å²) in [6, 6.07) is 7.77. The number of hydrogen-bond acceptors (Lipinski definition) is 2. The lowest BCUT2D eigenvalue weighted by atomic mass is 10.1. The number of benzene rings is 1. The maximum absolute atomic E-state index is 11.4. The smallest absolute Gasteiger partial charge is 0.224 e. The maximum Gasteiger partial charge on any atom is 0.224 e. The molecule has 0 bridgehead atoms. The van der Waals surface area contributed by atoms with Crippen molar-refractivity contribution in [2.24, 2.45) is 0 Å². The van der Waals surface area contributed by atoms with Crippen LogP contribution in [0.2, 0.25) is 0 Å². The average Bonchev–Trinajstić information content (AvgIpc) is 2.22. The standard InChI is InChI=1S/C11H15BrN2O.ClH/c1-13-6-7-14-11(15)8-9-2-4-10(12)5-3-9;/h2-5,13H,6-8H2,1H3,(H,14,15);1H. The summed E-state index contributed by atoms with van der Waals surface area (Å²) in [6.45, 7) is 1.47. The van der Waals surface area contributed by atoms with Crippen molar-refractivity contribution >= 4 is 34.2 Å². The van der Waals surface area contributed by atoms with Gasteiger partial charge in [-0.2, -0.15) is 0 Å². The van der Waals surface area contributed by atoms with Gasteiger partial charge in [0.25, 0.3) is 0 Å². The van der Waals surface area contributed by atoms with Gasteiger partial charge in [-0.05, 0) is 24.7 Å². The zero-order valence-electron chi connectivity index (χ0n) is 9.13. The van der Waals surface area contributed by atoms with Crippen molar-refractivity contribution in [1.29, 1.82) is 0 Å². The number of nitrogens with one attached hydrogen (secondary N) is 2. The second-order valence-corrected chi connectivity index (χ2v) is 4.17. The predicted molar refractivity (Wildman–Crippen MR) is 72.0 cm³/mol. The van der Waals surface area contributed by atoms with Crippen LogP contribution in [-0.4, -0.2) is 26.0 Å². The van der Waals surface area contributed by atoms with Gasteiger partial charge in [0.05, 0.1) is 6.42 Å². The van der Waals surface area contributed by atoms with E-state index in [1.54, 1.807) is 0 Å². The molecule has 0 fully saturated rings. The van der Waals surface area contributed by atoms with Crippen molar-refractivity contribution in [3.05, 3.63) is 34.3 Å². The van der Waals surface area contributed by atoms with Gasteiger partial charge >= 0.3 is 0 Å². The van der Waals surface area contributed by atoms with E-state index in [1.807, 2.05) is 31.3 Å². The molecule has 3 nitrogen and oxygen atoms in total. The SMILES string of the molecule is CNCCNC(=O)Cc1ccc(Br)cc1.Cl. The molecule has 0 radical (unpaired) electrons. The largest absolute Gasteiger partial charge is 0.355 e. The molecule has 0 aliphatic rings. The van der Waals surface area contributed by atoms with Crippen molar-refractivity contribution in [1.82, 2.24) is 10.6 Å². The van der Waals surface area contributed by atoms with Gasteiger partial charge in [0, 0.05) is 17.6 Å². The Kier molecular flexibility index (Phi) is 8.25. The van der Waals surface area contributed by atoms with E-state index >= 15 is 0 Å². The van der Waals surface area contributed by atoms with E-state index in [9.17, 15) is 4.79 Å². The highest BCUT2D eigenvalue weighted by molar-refractivity contribution is 9.10. The van der Waals surface area contributed by atoms with Crippen molar-refractivity contribution in [2.75, 3.05) is 20.1 Å². The van der Waals surface area contributed by atoms with Crippen molar-refractivity contribution in [3.63, 3.8) is 0 Å². The first kappa shape index (κ1) is 15.4. The van der Waals surface area contributed by atoms with Crippen LogP contribution in [0.1, 0.15) is 5.56 Å². The molecular formula is C11H16BrClN2O. The lowest BCUT2D eigenvalue weighted by Crippen LogP contribution is -2.31. The predicted octanol–water partition coefficient (Wildman–Crippen LogP) is 1.75. The van der Waals surface area contributed by atoms with Crippen LogP contribution in [0.25, 0.3) is 0 Å². The summed E-state index contributed by atoms with van der Waals surface area (Å²) in [5.74, 6) is 0.0626. The van der Waals surface area contributed by atoms with Crippen LogP contribution in [0.4, 0.5) is 0 Å². The topological polar surface area (TPSA) is 41.1 Å². The summed E-state index contributed by atoms with van der Waals surface area (Å²) in [4.78, 5) is 11.4. The fraction of sp³-hybridized carbons (Fsp3) is 0.364. The number of amides is 1. The Labute approximate surface area is 111 Å². The molecule has 5 heteroatoms. The minimum atomic E-state index is 0. The molecule has 1 aromatic carbocycles. The van der Waals surface area contributed by atoms with Crippen LogP contribution in [-0.2, 0) is 11.2 Å². The van der Waals surface area contributed by atoms with Gasteiger partial charge in [-0.1, -0.05) is 28.1 Å². The van der Waals surface area contributed by atoms with Gasteiger partial charge in [0.1, 0.15) is 0 Å². The fourth-order valence-corrected chi connectivity index (χ4v) is 1.44. The molecule has 16 heavy (non-hydrogen) atoms. The van der Waals surface area contributed by atoms with Crippen LogP contribution < -0.4 is 10.6 Å². The summed E-state index contributed by atoms with van der Waals surface area (Å²) in [6.07, 6.45) is 0.441. The monoisotopic (exact) mass is 306 g/mol. The first-order chi connectivity index (χ1) is 7.22. The van der Waals surface area contributed by atoms with Crippen LogP contribution in [0.15, 0.2) is 28.7 Å². The molecule has 1 rings (SSSR count). The first-order valence-corrected chi connectivity index (χ1v) is 5.67. The molecule has 0 unspecified atom stereocenters. The Morgan fingerprint density at radius 3 is 2.44 bits per heavy atom. The molecule has 2 N–H and O–H groups in total. The minimum Gasteiger partial charge on any atom is -0.355 e. The zero-order valence-corrected chi connectivity index (χ0v) is 11.5. The number of halogens is 2. The third-order valence-corrected chi connectivity index (χ3v) is 2.50. The van der Waals surface area contributed by atoms with Crippen molar-refractivity contribution < 1.29 is 4.79 Å². The molecular weight excluding hydrogens is 291 g/mol. The van der Waals surface area contributed by atoms with Gasteiger partial charge in [0.2, 0.25) is 5.91 Å². The summed E-state index contributed by atoms with van der Waals surface area (Å²) < 4.78 is 1.03. The second kappa shape index (κ2) is 8.56.